The van der Waals surface area contributed by atoms with E-state index in [2.05, 4.69) is 20.1 Å². The summed E-state index contributed by atoms with van der Waals surface area (Å²) in [5.74, 6) is 0.839. The number of carbonyl (C=O) groups is 2. The van der Waals surface area contributed by atoms with Crippen LogP contribution >= 0.6 is 11.6 Å². The van der Waals surface area contributed by atoms with Crippen molar-refractivity contribution in [2.75, 3.05) is 31.5 Å². The number of aryl methyl sites for hydroxylation is 1. The van der Waals surface area contributed by atoms with E-state index in [1.807, 2.05) is 51.2 Å². The molecule has 0 unspecified atom stereocenters. The first-order valence-electron chi connectivity index (χ1n) is 11.1. The molecular weight excluding hydrogens is 440 g/mol. The molecule has 33 heavy (non-hydrogen) atoms. The zero-order valence-corrected chi connectivity index (χ0v) is 19.9. The molecule has 9 heteroatoms. The quantitative estimate of drug-likeness (QED) is 0.598. The number of hydrogen-bond acceptors (Lipinski definition) is 4. The van der Waals surface area contributed by atoms with Gasteiger partial charge in [-0.2, -0.15) is 0 Å². The number of carbonyl (C=O) groups excluding carboxylic acids is 2. The van der Waals surface area contributed by atoms with Crippen LogP contribution in [0.25, 0.3) is 11.0 Å². The predicted octanol–water partition coefficient (Wildman–Crippen LogP) is 3.71. The van der Waals surface area contributed by atoms with Crippen molar-refractivity contribution in [1.29, 1.82) is 0 Å². The second kappa shape index (κ2) is 9.80. The van der Waals surface area contributed by atoms with Gasteiger partial charge >= 0.3 is 6.03 Å². The predicted molar refractivity (Wildman–Crippen MR) is 131 cm³/mol. The van der Waals surface area contributed by atoms with Gasteiger partial charge in [0.2, 0.25) is 0 Å². The van der Waals surface area contributed by atoms with E-state index in [0.717, 1.165) is 29.9 Å². The third-order valence-corrected chi connectivity index (χ3v) is 6.12. The summed E-state index contributed by atoms with van der Waals surface area (Å²) in [4.78, 5) is 33.8. The lowest BCUT2D eigenvalue weighted by Crippen LogP contribution is -2.49. The minimum Gasteiger partial charge on any atom is -0.350 e. The van der Waals surface area contributed by atoms with Gasteiger partial charge in [0.1, 0.15) is 5.82 Å². The summed E-state index contributed by atoms with van der Waals surface area (Å²) in [5, 5.41) is 6.32. The molecule has 3 aromatic rings. The summed E-state index contributed by atoms with van der Waals surface area (Å²) in [6.07, 6.45) is 0. The number of anilines is 1. The van der Waals surface area contributed by atoms with E-state index in [1.54, 1.807) is 17.0 Å². The van der Waals surface area contributed by atoms with Crippen molar-refractivity contribution in [1.82, 2.24) is 24.7 Å². The molecular formula is C24H29ClN6O2. The number of para-hydroxylation sites is 1. The highest BCUT2D eigenvalue weighted by molar-refractivity contribution is 6.33. The molecule has 2 N–H and O–H groups in total. The van der Waals surface area contributed by atoms with Crippen LogP contribution in [0.3, 0.4) is 0 Å². The average Bonchev–Trinajstić information content (AvgIpc) is 3.10. The lowest BCUT2D eigenvalue weighted by atomic mass is 10.2. The number of hydrogen-bond donors (Lipinski definition) is 2. The molecule has 0 radical (unpaired) electrons. The van der Waals surface area contributed by atoms with E-state index in [1.165, 1.54) is 0 Å². The topological polar surface area (TPSA) is 82.5 Å². The Hall–Kier alpha value is -3.10. The third-order valence-electron chi connectivity index (χ3n) is 5.80. The molecule has 2 heterocycles. The number of imidazole rings is 1. The maximum absolute atomic E-state index is 12.6. The molecule has 174 valence electrons. The van der Waals surface area contributed by atoms with Crippen LogP contribution in [0.2, 0.25) is 5.02 Å². The van der Waals surface area contributed by atoms with Crippen LogP contribution in [0.15, 0.2) is 42.5 Å². The van der Waals surface area contributed by atoms with Gasteiger partial charge in [0.25, 0.3) is 5.91 Å². The van der Waals surface area contributed by atoms with Crippen molar-refractivity contribution >= 4 is 40.3 Å². The minimum absolute atomic E-state index is 0.0814. The minimum atomic E-state index is -0.141. The molecule has 1 saturated heterocycles. The van der Waals surface area contributed by atoms with Crippen molar-refractivity contribution < 1.29 is 9.59 Å². The van der Waals surface area contributed by atoms with Gasteiger partial charge in [-0.15, -0.1) is 0 Å². The van der Waals surface area contributed by atoms with Crippen LogP contribution in [0.4, 0.5) is 10.5 Å². The zero-order chi connectivity index (χ0) is 23.5. The Morgan fingerprint density at radius 2 is 1.82 bits per heavy atom. The largest absolute Gasteiger partial charge is 0.350 e. The van der Waals surface area contributed by atoms with Crippen molar-refractivity contribution in [3.8, 4) is 0 Å². The monoisotopic (exact) mass is 468 g/mol. The van der Waals surface area contributed by atoms with Gasteiger partial charge in [0, 0.05) is 44.8 Å². The number of amides is 3. The number of urea groups is 1. The van der Waals surface area contributed by atoms with Gasteiger partial charge in [-0.3, -0.25) is 9.69 Å². The normalized spacial score (nSPS) is 14.6. The van der Waals surface area contributed by atoms with Crippen molar-refractivity contribution in [2.45, 2.75) is 26.4 Å². The molecule has 1 fully saturated rings. The Morgan fingerprint density at radius 3 is 2.52 bits per heavy atom. The van der Waals surface area contributed by atoms with Crippen LogP contribution in [-0.4, -0.2) is 63.5 Å². The highest BCUT2D eigenvalue weighted by Gasteiger charge is 2.23. The highest BCUT2D eigenvalue weighted by Crippen LogP contribution is 2.22. The Balaban J connectivity index is 1.37. The smallest absolute Gasteiger partial charge is 0.321 e. The number of benzene rings is 2. The van der Waals surface area contributed by atoms with Crippen LogP contribution in [-0.2, 0) is 13.6 Å². The molecule has 0 atom stereocenters. The van der Waals surface area contributed by atoms with Crippen LogP contribution < -0.4 is 10.6 Å². The Labute approximate surface area is 198 Å². The second-order valence-electron chi connectivity index (χ2n) is 8.59. The summed E-state index contributed by atoms with van der Waals surface area (Å²) in [6.45, 7) is 7.31. The van der Waals surface area contributed by atoms with E-state index >= 15 is 0 Å². The number of nitrogens with one attached hydrogen (secondary N) is 2. The fraction of sp³-hybridized carbons (Fsp3) is 0.375. The number of rotatable bonds is 5. The van der Waals surface area contributed by atoms with E-state index in [4.69, 9.17) is 16.6 Å². The molecule has 3 amide bonds. The first-order valence-corrected chi connectivity index (χ1v) is 11.5. The fourth-order valence-corrected chi connectivity index (χ4v) is 4.13. The summed E-state index contributed by atoms with van der Waals surface area (Å²) in [5.41, 5.74) is 3.03. The number of fused-ring (bicyclic) bond motifs is 1. The molecule has 4 rings (SSSR count). The molecule has 0 spiro atoms. The van der Waals surface area contributed by atoms with Gasteiger partial charge in [-0.25, -0.2) is 9.78 Å². The molecule has 2 aromatic carbocycles. The van der Waals surface area contributed by atoms with E-state index in [9.17, 15) is 9.59 Å². The summed E-state index contributed by atoms with van der Waals surface area (Å²) < 4.78 is 2.07. The van der Waals surface area contributed by atoms with Gasteiger partial charge in [0.05, 0.1) is 28.3 Å². The molecule has 8 nitrogen and oxygen atoms in total. The van der Waals surface area contributed by atoms with Crippen LogP contribution in [0, 0.1) is 0 Å². The molecule has 0 bridgehead atoms. The van der Waals surface area contributed by atoms with Gasteiger partial charge in [0.15, 0.2) is 0 Å². The Morgan fingerprint density at radius 1 is 1.09 bits per heavy atom. The summed E-state index contributed by atoms with van der Waals surface area (Å²) in [6, 6.07) is 12.8. The fourth-order valence-electron chi connectivity index (χ4n) is 3.94. The van der Waals surface area contributed by atoms with Gasteiger partial charge < -0.3 is 20.1 Å². The second-order valence-corrected chi connectivity index (χ2v) is 9.00. The van der Waals surface area contributed by atoms with E-state index < -0.39 is 0 Å². The molecule has 1 aliphatic rings. The molecule has 0 aliphatic carbocycles. The third kappa shape index (κ3) is 5.29. The SMILES string of the molecule is CC(C)NC(=O)c1ccc2c(c1)nc(CN1CCN(C(=O)Nc3ccccc3Cl)CC1)n2C. The first-order chi connectivity index (χ1) is 15.8. The Kier molecular flexibility index (Phi) is 6.85. The van der Waals surface area contributed by atoms with Crippen LogP contribution in [0.5, 0.6) is 0 Å². The van der Waals surface area contributed by atoms with Crippen LogP contribution in [0.1, 0.15) is 30.0 Å². The maximum Gasteiger partial charge on any atom is 0.321 e. The van der Waals surface area contributed by atoms with Crippen molar-refractivity contribution in [2.24, 2.45) is 7.05 Å². The zero-order valence-electron chi connectivity index (χ0n) is 19.1. The summed E-state index contributed by atoms with van der Waals surface area (Å²) in [7, 11) is 1.99. The van der Waals surface area contributed by atoms with Gasteiger partial charge in [-0.1, -0.05) is 23.7 Å². The highest BCUT2D eigenvalue weighted by atomic mass is 35.5. The van der Waals surface area contributed by atoms with E-state index in [0.29, 0.717) is 35.9 Å². The number of nitrogens with zero attached hydrogens (tertiary/aromatic N) is 4. The maximum atomic E-state index is 12.6. The van der Waals surface area contributed by atoms with Gasteiger partial charge in [-0.05, 0) is 44.2 Å². The molecule has 1 aromatic heterocycles. The number of piperazine rings is 1. The summed E-state index contributed by atoms with van der Waals surface area (Å²) >= 11 is 6.15. The number of aromatic nitrogens is 2. The Bertz CT molecular complexity index is 1170. The van der Waals surface area contributed by atoms with E-state index in [-0.39, 0.29) is 18.0 Å². The van der Waals surface area contributed by atoms with Crippen molar-refractivity contribution in [3.63, 3.8) is 0 Å². The lowest BCUT2D eigenvalue weighted by Gasteiger charge is -2.34. The molecule has 1 aliphatic heterocycles. The first kappa shape index (κ1) is 23.1. The average molecular weight is 469 g/mol. The molecule has 0 saturated carbocycles. The lowest BCUT2D eigenvalue weighted by molar-refractivity contribution is 0.0943. The van der Waals surface area contributed by atoms with Crippen molar-refractivity contribution in [3.05, 3.63) is 58.9 Å². The number of halogens is 1. The standard InChI is InChI=1S/C24H29ClN6O2/c1-16(2)26-23(32)17-8-9-21-20(14-17)27-22(29(21)3)15-30-10-12-31(13-11-30)24(33)28-19-7-5-4-6-18(19)25/h4-9,14,16H,10-13,15H2,1-3H3,(H,26,32)(H,28,33).